The van der Waals surface area contributed by atoms with Crippen LogP contribution in [0, 0.1) is 35.5 Å². The predicted molar refractivity (Wildman–Crippen MR) is 92.8 cm³/mol. The van der Waals surface area contributed by atoms with Crippen LogP contribution in [0.5, 0.6) is 0 Å². The topological polar surface area (TPSA) is 0 Å². The molecule has 1 saturated heterocycles. The average molecular weight is 279 g/mol. The van der Waals surface area contributed by atoms with Gasteiger partial charge in [-0.1, -0.05) is 56.0 Å². The Bertz CT molecular complexity index is 359. The maximum absolute atomic E-state index is 6.04. The van der Waals surface area contributed by atoms with E-state index in [0.29, 0.717) is 17.7 Å². The van der Waals surface area contributed by atoms with Crippen LogP contribution in [-0.2, 0) is 0 Å². The third kappa shape index (κ3) is 4.58. The van der Waals surface area contributed by atoms with E-state index in [2.05, 4.69) is 19.1 Å². The molecule has 2 heteroatoms. The highest BCUT2D eigenvalue weighted by atomic mass is 14.3. The van der Waals surface area contributed by atoms with Crippen LogP contribution < -0.4 is 0 Å². The molecule has 0 aromatic rings. The van der Waals surface area contributed by atoms with Gasteiger partial charge in [-0.05, 0) is 50.4 Å². The van der Waals surface area contributed by atoms with Crippen molar-refractivity contribution in [1.82, 2.24) is 0 Å². The molecule has 0 atom stereocenters. The predicted octanol–water partition coefficient (Wildman–Crippen LogP) is 4.89. The zero-order valence-corrected chi connectivity index (χ0v) is 13.5. The summed E-state index contributed by atoms with van der Waals surface area (Å²) in [7, 11) is 8.47. The van der Waals surface area contributed by atoms with Gasteiger partial charge in [0.25, 0.3) is 0 Å². The second-order valence-corrected chi connectivity index (χ2v) is 7.72. The Labute approximate surface area is 133 Å². The van der Waals surface area contributed by atoms with Gasteiger partial charge in [-0.25, -0.2) is 0 Å². The molecule has 3 radical (unpaired) electrons. The normalized spacial score (nSPS) is 38.1. The molecule has 0 amide bonds. The largest absolute Gasteiger partial charge is 0.109 e. The molecule has 1 heterocycles. The lowest BCUT2D eigenvalue weighted by Gasteiger charge is -2.36. The number of rotatable bonds is 1. The van der Waals surface area contributed by atoms with E-state index in [-0.39, 0.29) is 0 Å². The van der Waals surface area contributed by atoms with Crippen LogP contribution in [0.4, 0.5) is 0 Å². The summed E-state index contributed by atoms with van der Waals surface area (Å²) < 4.78 is 0. The zero-order chi connectivity index (χ0) is 14.5. The van der Waals surface area contributed by atoms with E-state index in [1.807, 2.05) is 0 Å². The van der Waals surface area contributed by atoms with Crippen LogP contribution in [0.15, 0.2) is 0 Å². The van der Waals surface area contributed by atoms with Crippen LogP contribution in [0.25, 0.3) is 0 Å². The molecule has 0 nitrogen and oxygen atoms in total. The highest BCUT2D eigenvalue weighted by Crippen LogP contribution is 2.41. The van der Waals surface area contributed by atoms with Gasteiger partial charge < -0.3 is 0 Å². The molecule has 111 valence electrons. The molecule has 2 aliphatic carbocycles. The first kappa shape index (κ1) is 15.6. The van der Waals surface area contributed by atoms with Crippen LogP contribution >= 0.6 is 0 Å². The summed E-state index contributed by atoms with van der Waals surface area (Å²) in [5.41, 5.74) is 0. The molecule has 0 unspecified atom stereocenters. The van der Waals surface area contributed by atoms with E-state index in [1.54, 1.807) is 0 Å². The molecule has 1 aliphatic heterocycles. The van der Waals surface area contributed by atoms with Gasteiger partial charge >= 0.3 is 0 Å². The summed E-state index contributed by atoms with van der Waals surface area (Å²) in [5.74, 6) is 11.1. The van der Waals surface area contributed by atoms with Gasteiger partial charge in [0.1, 0.15) is 7.28 Å². The molecule has 3 fully saturated rings. The average Bonchev–Trinajstić information content (AvgIpc) is 2.55. The summed E-state index contributed by atoms with van der Waals surface area (Å²) in [6.07, 6.45) is 16.1. The molecule has 0 aromatic heterocycles. The lowest BCUT2D eigenvalue weighted by molar-refractivity contribution is 0.182. The second-order valence-electron chi connectivity index (χ2n) is 7.72. The minimum Gasteiger partial charge on any atom is -0.0997 e. The van der Waals surface area contributed by atoms with E-state index < -0.39 is 0 Å². The van der Waals surface area contributed by atoms with Gasteiger partial charge in [-0.2, -0.15) is 0 Å². The van der Waals surface area contributed by atoms with E-state index in [4.69, 9.17) is 7.85 Å². The minimum atomic E-state index is 0.496. The van der Waals surface area contributed by atoms with Crippen LogP contribution in [-0.4, -0.2) is 15.1 Å². The fraction of sp³-hybridized carbons (Fsp3) is 0.895. The summed E-state index contributed by atoms with van der Waals surface area (Å²) in [6, 6.07) is 0. The van der Waals surface area contributed by atoms with Crippen LogP contribution in [0.1, 0.15) is 64.2 Å². The van der Waals surface area contributed by atoms with Crippen LogP contribution in [0.2, 0.25) is 18.5 Å². The van der Waals surface area contributed by atoms with Crippen molar-refractivity contribution in [2.24, 2.45) is 23.7 Å². The van der Waals surface area contributed by atoms with E-state index in [9.17, 15) is 0 Å². The molecule has 0 spiro atoms. The third-order valence-electron chi connectivity index (χ3n) is 6.19. The zero-order valence-electron chi connectivity index (χ0n) is 13.5. The minimum absolute atomic E-state index is 0.496. The van der Waals surface area contributed by atoms with Crippen molar-refractivity contribution in [3.8, 4) is 11.8 Å². The van der Waals surface area contributed by atoms with Crippen molar-refractivity contribution in [2.75, 3.05) is 0 Å². The van der Waals surface area contributed by atoms with Crippen molar-refractivity contribution >= 4 is 15.1 Å². The lowest BCUT2D eigenvalue weighted by atomic mass is 9.61. The van der Waals surface area contributed by atoms with E-state index >= 15 is 0 Å². The Balaban J connectivity index is 1.41. The Morgan fingerprint density at radius 2 is 1.10 bits per heavy atom. The summed E-state index contributed by atoms with van der Waals surface area (Å²) in [4.78, 5) is 0. The van der Waals surface area contributed by atoms with Gasteiger partial charge in [-0.3, -0.25) is 0 Å². The van der Waals surface area contributed by atoms with E-state index in [1.165, 1.54) is 76.8 Å². The first-order chi connectivity index (χ1) is 10.3. The molecule has 0 bridgehead atoms. The molecule has 3 aliphatic rings. The summed E-state index contributed by atoms with van der Waals surface area (Å²) in [5, 5.41) is 0. The SMILES string of the molecule is [B]C1CCC(C2CCC(C#CC3CC[B]CC3)CC2)CC1. The van der Waals surface area contributed by atoms with Crippen molar-refractivity contribution in [2.45, 2.75) is 82.7 Å². The van der Waals surface area contributed by atoms with Crippen molar-refractivity contribution in [3.05, 3.63) is 0 Å². The molecular formula is C19H29B2. The second kappa shape index (κ2) is 7.80. The van der Waals surface area contributed by atoms with Gasteiger partial charge in [0.2, 0.25) is 0 Å². The Kier molecular flexibility index (Phi) is 5.79. The van der Waals surface area contributed by atoms with Crippen LogP contribution in [0.3, 0.4) is 0 Å². The molecule has 21 heavy (non-hydrogen) atoms. The van der Waals surface area contributed by atoms with Gasteiger partial charge in [0.15, 0.2) is 0 Å². The fourth-order valence-electron chi connectivity index (χ4n) is 4.66. The molecule has 0 N–H and O–H groups in total. The molecular weight excluding hydrogens is 250 g/mol. The first-order valence-corrected chi connectivity index (χ1v) is 9.39. The molecule has 3 rings (SSSR count). The maximum atomic E-state index is 6.04. The Morgan fingerprint density at radius 3 is 1.67 bits per heavy atom. The van der Waals surface area contributed by atoms with Crippen molar-refractivity contribution in [3.63, 3.8) is 0 Å². The molecule has 2 saturated carbocycles. The highest BCUT2D eigenvalue weighted by Gasteiger charge is 2.29. The Morgan fingerprint density at radius 1 is 0.619 bits per heavy atom. The lowest BCUT2D eigenvalue weighted by Crippen LogP contribution is -2.24. The Hall–Kier alpha value is -0.310. The quantitative estimate of drug-likeness (QED) is 0.473. The first-order valence-electron chi connectivity index (χ1n) is 9.39. The van der Waals surface area contributed by atoms with E-state index in [0.717, 1.165) is 11.8 Å². The van der Waals surface area contributed by atoms with Gasteiger partial charge in [0, 0.05) is 11.8 Å². The highest BCUT2D eigenvalue weighted by molar-refractivity contribution is 6.35. The maximum Gasteiger partial charge on any atom is 0.109 e. The standard InChI is InChI=1S/C19H29B2/c20-19-9-7-18(8-10-19)17-5-3-15(4-6-17)1-2-16-11-13-21-14-12-16/h15-19H,3-14H2. The summed E-state index contributed by atoms with van der Waals surface area (Å²) in [6.45, 7) is 0. The van der Waals surface area contributed by atoms with Gasteiger partial charge in [0.05, 0.1) is 7.85 Å². The number of hydrogen-bond acceptors (Lipinski definition) is 0. The molecule has 0 aromatic carbocycles. The smallest absolute Gasteiger partial charge is 0.0997 e. The third-order valence-corrected chi connectivity index (χ3v) is 6.19. The van der Waals surface area contributed by atoms with Gasteiger partial charge in [-0.15, -0.1) is 0 Å². The number of hydrogen-bond donors (Lipinski definition) is 0. The fourth-order valence-corrected chi connectivity index (χ4v) is 4.66. The van der Waals surface area contributed by atoms with Crippen molar-refractivity contribution in [1.29, 1.82) is 0 Å². The van der Waals surface area contributed by atoms with Crippen molar-refractivity contribution < 1.29 is 0 Å². The monoisotopic (exact) mass is 279 g/mol. The summed E-state index contributed by atoms with van der Waals surface area (Å²) >= 11 is 0.